The predicted molar refractivity (Wildman–Crippen MR) is 163 cm³/mol. The van der Waals surface area contributed by atoms with Crippen LogP contribution in [0.1, 0.15) is 113 Å². The van der Waals surface area contributed by atoms with E-state index in [-0.39, 0.29) is 33.0 Å². The van der Waals surface area contributed by atoms with Crippen LogP contribution in [-0.4, -0.2) is 69.5 Å². The van der Waals surface area contributed by atoms with Gasteiger partial charge in [-0.15, -0.1) is 0 Å². The summed E-state index contributed by atoms with van der Waals surface area (Å²) < 4.78 is 23.2. The lowest BCUT2D eigenvalue weighted by Crippen LogP contribution is -2.67. The molecule has 6 unspecified atom stereocenters. The van der Waals surface area contributed by atoms with E-state index in [9.17, 15) is 25.2 Å². The normalized spacial score (nSPS) is 53.0. The van der Waals surface area contributed by atoms with E-state index in [2.05, 4.69) is 54.5 Å². The topological polar surface area (TPSA) is 107 Å². The summed E-state index contributed by atoms with van der Waals surface area (Å²) in [6.45, 7) is 15.8. The SMILES string of the molecule is CC1(C)CC[C@]2(C(F)[C@H]3OC(CO)[C@@H](O)[C@H](O)C3O)CC[C@]3(C)C(=CCC4[C@@]5(C)CCC(=O)C(C)(C)C5CC[C@]43C)C2C1. The molecule has 5 fully saturated rings. The van der Waals surface area contributed by atoms with Crippen LogP contribution in [0.4, 0.5) is 4.39 Å². The highest BCUT2D eigenvalue weighted by Gasteiger charge is 2.70. The highest BCUT2D eigenvalue weighted by molar-refractivity contribution is 5.85. The van der Waals surface area contributed by atoms with Gasteiger partial charge in [-0.3, -0.25) is 4.79 Å². The molecule has 4 saturated carbocycles. The maximum absolute atomic E-state index is 17.3. The number of ketones is 1. The van der Waals surface area contributed by atoms with E-state index in [0.29, 0.717) is 36.9 Å². The number of hydrogen-bond donors (Lipinski definition) is 4. The Balaban J connectivity index is 1.40. The minimum Gasteiger partial charge on any atom is -0.394 e. The van der Waals surface area contributed by atoms with Crippen molar-refractivity contribution >= 4 is 5.78 Å². The van der Waals surface area contributed by atoms with Gasteiger partial charge in [0.2, 0.25) is 0 Å². The molecule has 0 aromatic carbocycles. The van der Waals surface area contributed by atoms with Crippen molar-refractivity contribution in [2.75, 3.05) is 6.61 Å². The first kappa shape index (κ1) is 32.1. The van der Waals surface area contributed by atoms with Gasteiger partial charge in [0, 0.05) is 17.3 Å². The van der Waals surface area contributed by atoms with Crippen LogP contribution in [0.15, 0.2) is 11.6 Å². The number of Topliss-reactive ketones (excluding diaryl/α,β-unsaturated/α-hetero) is 1. The minimum absolute atomic E-state index is 0.0231. The number of rotatable bonds is 3. The van der Waals surface area contributed by atoms with Crippen molar-refractivity contribution in [1.82, 2.24) is 0 Å². The van der Waals surface area contributed by atoms with E-state index in [1.807, 2.05) is 0 Å². The molecule has 4 N–H and O–H groups in total. The van der Waals surface area contributed by atoms with Crippen LogP contribution in [0, 0.1) is 50.2 Å². The first-order valence-corrected chi connectivity index (χ1v) is 17.1. The summed E-state index contributed by atoms with van der Waals surface area (Å²) in [6, 6.07) is 0. The molecular formula is C36H57FO6. The molecule has 1 heterocycles. The Morgan fingerprint density at radius 1 is 0.907 bits per heavy atom. The zero-order valence-corrected chi connectivity index (χ0v) is 27.5. The summed E-state index contributed by atoms with van der Waals surface area (Å²) in [5, 5.41) is 41.8. The number of alkyl halides is 1. The number of halogens is 1. The van der Waals surface area contributed by atoms with Crippen molar-refractivity contribution in [3.63, 3.8) is 0 Å². The summed E-state index contributed by atoms with van der Waals surface area (Å²) in [7, 11) is 0. The van der Waals surface area contributed by atoms with Gasteiger partial charge >= 0.3 is 0 Å². The molecular weight excluding hydrogens is 547 g/mol. The standard InChI is InChI=1S/C36H57FO6/c1-31(2)14-16-36(30(37)29-28(42)27(41)26(40)22(19-38)43-29)17-15-34(6)20(21(36)18-31)8-9-24-33(5)12-11-25(39)32(3,4)23(33)10-13-35(24,34)7/h8,21-24,26-30,38,40-42H,9-19H2,1-7H3/t21?,22?,23?,24?,26-,27+,28?,29+,30?,33+,34-,35-,36+/m1/s1. The maximum atomic E-state index is 17.3. The smallest absolute Gasteiger partial charge is 0.138 e. The zero-order chi connectivity index (χ0) is 31.5. The van der Waals surface area contributed by atoms with Crippen molar-refractivity contribution in [2.24, 2.45) is 50.2 Å². The van der Waals surface area contributed by atoms with Crippen molar-refractivity contribution in [3.05, 3.63) is 11.6 Å². The fraction of sp³-hybridized carbons (Fsp3) is 0.917. The van der Waals surface area contributed by atoms with Crippen LogP contribution in [0.3, 0.4) is 0 Å². The number of allylic oxidation sites excluding steroid dienone is 2. The molecule has 13 atom stereocenters. The summed E-state index contributed by atoms with van der Waals surface area (Å²) in [5.41, 5.74) is 0.366. The second-order valence-electron chi connectivity index (χ2n) is 17.8. The summed E-state index contributed by atoms with van der Waals surface area (Å²) in [5.74, 6) is 1.21. The molecule has 43 heavy (non-hydrogen) atoms. The molecule has 0 spiro atoms. The molecule has 6 rings (SSSR count). The first-order valence-electron chi connectivity index (χ1n) is 17.1. The number of aliphatic hydroxyl groups is 4. The molecule has 0 amide bonds. The molecule has 6 nitrogen and oxygen atoms in total. The van der Waals surface area contributed by atoms with Gasteiger partial charge in [-0.2, -0.15) is 0 Å². The third kappa shape index (κ3) is 4.22. The molecule has 0 radical (unpaired) electrons. The van der Waals surface area contributed by atoms with E-state index in [1.54, 1.807) is 0 Å². The second kappa shape index (κ2) is 10.1. The van der Waals surface area contributed by atoms with Gasteiger partial charge in [-0.1, -0.05) is 60.1 Å². The molecule has 1 aliphatic heterocycles. The first-order chi connectivity index (χ1) is 19.9. The Morgan fingerprint density at radius 2 is 1.58 bits per heavy atom. The Kier molecular flexibility index (Phi) is 7.51. The van der Waals surface area contributed by atoms with Crippen molar-refractivity contribution in [2.45, 2.75) is 149 Å². The Bertz CT molecular complexity index is 1160. The molecule has 244 valence electrons. The molecule has 6 aliphatic rings. The van der Waals surface area contributed by atoms with Crippen molar-refractivity contribution in [3.8, 4) is 0 Å². The number of carbonyl (C=O) groups excluding carboxylic acids is 1. The minimum atomic E-state index is -1.57. The molecule has 5 aliphatic carbocycles. The van der Waals surface area contributed by atoms with Crippen LogP contribution >= 0.6 is 0 Å². The van der Waals surface area contributed by atoms with Gasteiger partial charge < -0.3 is 25.2 Å². The highest BCUT2D eigenvalue weighted by atomic mass is 19.1. The van der Waals surface area contributed by atoms with Crippen molar-refractivity contribution < 1.29 is 34.3 Å². The van der Waals surface area contributed by atoms with Gasteiger partial charge in [0.25, 0.3) is 0 Å². The van der Waals surface area contributed by atoms with Crippen LogP contribution in [0.25, 0.3) is 0 Å². The van der Waals surface area contributed by atoms with Crippen LogP contribution < -0.4 is 0 Å². The summed E-state index contributed by atoms with van der Waals surface area (Å²) >= 11 is 0. The van der Waals surface area contributed by atoms with Crippen molar-refractivity contribution in [1.29, 1.82) is 0 Å². The van der Waals surface area contributed by atoms with E-state index in [1.165, 1.54) is 5.57 Å². The predicted octanol–water partition coefficient (Wildman–Crippen LogP) is 5.54. The highest BCUT2D eigenvalue weighted by Crippen LogP contribution is 2.76. The summed E-state index contributed by atoms with van der Waals surface area (Å²) in [6.07, 6.45) is 2.45. The quantitative estimate of drug-likeness (QED) is 0.315. The molecule has 0 aromatic heterocycles. The van der Waals surface area contributed by atoms with Gasteiger partial charge in [-0.25, -0.2) is 4.39 Å². The van der Waals surface area contributed by atoms with E-state index in [0.717, 1.165) is 44.9 Å². The van der Waals surface area contributed by atoms with Gasteiger partial charge in [0.05, 0.1) is 6.61 Å². The average molecular weight is 605 g/mol. The fourth-order valence-corrected chi connectivity index (χ4v) is 12.3. The third-order valence-corrected chi connectivity index (χ3v) is 15.2. The van der Waals surface area contributed by atoms with E-state index >= 15 is 4.39 Å². The van der Waals surface area contributed by atoms with Crippen LogP contribution in [-0.2, 0) is 9.53 Å². The van der Waals surface area contributed by atoms with Gasteiger partial charge in [0.15, 0.2) is 0 Å². The number of carbonyl (C=O) groups is 1. The van der Waals surface area contributed by atoms with Gasteiger partial charge in [-0.05, 0) is 97.2 Å². The number of hydrogen-bond acceptors (Lipinski definition) is 6. The lowest BCUT2D eigenvalue weighted by atomic mass is 9.33. The molecule has 7 heteroatoms. The summed E-state index contributed by atoms with van der Waals surface area (Å²) in [4.78, 5) is 13.1. The molecule has 1 saturated heterocycles. The lowest BCUT2D eigenvalue weighted by Gasteiger charge is -2.71. The third-order valence-electron chi connectivity index (χ3n) is 15.2. The largest absolute Gasteiger partial charge is 0.394 e. The number of ether oxygens (including phenoxy) is 1. The van der Waals surface area contributed by atoms with Crippen LogP contribution in [0.2, 0.25) is 0 Å². The molecule has 0 aromatic rings. The average Bonchev–Trinajstić information content (AvgIpc) is 2.94. The molecule has 0 bridgehead atoms. The monoisotopic (exact) mass is 604 g/mol. The van der Waals surface area contributed by atoms with E-state index < -0.39 is 48.7 Å². The maximum Gasteiger partial charge on any atom is 0.138 e. The lowest BCUT2D eigenvalue weighted by molar-refractivity contribution is -0.261. The van der Waals surface area contributed by atoms with E-state index in [4.69, 9.17) is 4.74 Å². The number of fused-ring (bicyclic) bond motifs is 7. The Hall–Kier alpha value is -0.860. The van der Waals surface area contributed by atoms with Crippen LogP contribution in [0.5, 0.6) is 0 Å². The van der Waals surface area contributed by atoms with Gasteiger partial charge in [0.1, 0.15) is 42.5 Å². The second-order valence-corrected chi connectivity index (χ2v) is 17.8. The Labute approximate surface area is 257 Å². The fourth-order valence-electron chi connectivity index (χ4n) is 12.3. The zero-order valence-electron chi connectivity index (χ0n) is 27.5. The number of aliphatic hydroxyl groups excluding tert-OH is 4. The Morgan fingerprint density at radius 3 is 2.26 bits per heavy atom.